The van der Waals surface area contributed by atoms with Crippen LogP contribution in [0.5, 0.6) is 0 Å². The number of thiophene rings is 2. The summed E-state index contributed by atoms with van der Waals surface area (Å²) in [5.74, 6) is 0.617. The second-order valence-corrected chi connectivity index (χ2v) is 7.96. The largest absolute Gasteiger partial charge is 0.310 e. The van der Waals surface area contributed by atoms with Crippen molar-refractivity contribution in [2.24, 2.45) is 0 Å². The topological polar surface area (TPSA) is 58.6 Å². The molecule has 0 aliphatic rings. The molecule has 0 spiro atoms. The predicted octanol–water partition coefficient (Wildman–Crippen LogP) is 5.24. The second kappa shape index (κ2) is 5.86. The highest BCUT2D eigenvalue weighted by molar-refractivity contribution is 7.25. The van der Waals surface area contributed by atoms with Crippen LogP contribution in [0.1, 0.15) is 5.82 Å². The second-order valence-electron chi connectivity index (χ2n) is 6.01. The molecule has 26 heavy (non-hydrogen) atoms. The Morgan fingerprint density at radius 2 is 1.88 bits per heavy atom. The molecule has 0 saturated heterocycles. The van der Waals surface area contributed by atoms with Gasteiger partial charge in [-0.1, -0.05) is 36.4 Å². The molecule has 0 unspecified atom stereocenters. The summed E-state index contributed by atoms with van der Waals surface area (Å²) in [5, 5.41) is 3.02. The maximum absolute atomic E-state index is 12.4. The number of aromatic nitrogens is 3. The summed E-state index contributed by atoms with van der Waals surface area (Å²) in [5.41, 5.74) is 3.67. The standard InChI is InChI=1S/C20H13N3OS2/c1-11-21-17-16-13(15-8-5-9-25-15)10-14(12-6-3-2-4-7-12)23-20(16)26-18(17)19(24)22-11/h2-10H,1H3,(H,21,22,24). The molecule has 5 rings (SSSR count). The van der Waals surface area contributed by atoms with E-state index >= 15 is 0 Å². The molecule has 0 aliphatic heterocycles. The fraction of sp³-hybridized carbons (Fsp3) is 0.0500. The molecule has 0 atom stereocenters. The number of pyridine rings is 1. The van der Waals surface area contributed by atoms with Crippen LogP contribution in [0.3, 0.4) is 0 Å². The van der Waals surface area contributed by atoms with E-state index in [0.717, 1.165) is 37.4 Å². The van der Waals surface area contributed by atoms with Crippen molar-refractivity contribution in [2.75, 3.05) is 0 Å². The minimum Gasteiger partial charge on any atom is -0.310 e. The number of rotatable bonds is 2. The van der Waals surface area contributed by atoms with Crippen LogP contribution < -0.4 is 5.56 Å². The average Bonchev–Trinajstić information content (AvgIpc) is 3.30. The van der Waals surface area contributed by atoms with Crippen LogP contribution in [0.15, 0.2) is 58.7 Å². The third kappa shape index (κ3) is 2.38. The highest BCUT2D eigenvalue weighted by Crippen LogP contribution is 2.40. The number of nitrogens with zero attached hydrogens (tertiary/aromatic N) is 2. The minimum atomic E-state index is -0.103. The van der Waals surface area contributed by atoms with Gasteiger partial charge in [-0.15, -0.1) is 22.7 Å². The summed E-state index contributed by atoms with van der Waals surface area (Å²) < 4.78 is 0.626. The van der Waals surface area contributed by atoms with E-state index in [9.17, 15) is 4.79 Å². The number of nitrogens with one attached hydrogen (secondary N) is 1. The van der Waals surface area contributed by atoms with Gasteiger partial charge in [0.15, 0.2) is 0 Å². The van der Waals surface area contributed by atoms with Gasteiger partial charge in [0.1, 0.15) is 15.4 Å². The molecule has 1 aromatic carbocycles. The zero-order valence-corrected chi connectivity index (χ0v) is 15.4. The summed E-state index contributed by atoms with van der Waals surface area (Å²) in [7, 11) is 0. The van der Waals surface area contributed by atoms with Crippen LogP contribution in [0.2, 0.25) is 0 Å². The van der Waals surface area contributed by atoms with Crippen molar-refractivity contribution in [2.45, 2.75) is 6.92 Å². The maximum Gasteiger partial charge on any atom is 0.268 e. The van der Waals surface area contributed by atoms with Crippen molar-refractivity contribution in [1.29, 1.82) is 0 Å². The van der Waals surface area contributed by atoms with Crippen molar-refractivity contribution in [3.63, 3.8) is 0 Å². The molecule has 4 nitrogen and oxygen atoms in total. The molecule has 5 aromatic rings. The lowest BCUT2D eigenvalue weighted by atomic mass is 10.1. The van der Waals surface area contributed by atoms with E-state index in [2.05, 4.69) is 39.6 Å². The van der Waals surface area contributed by atoms with Crippen LogP contribution >= 0.6 is 22.7 Å². The minimum absolute atomic E-state index is 0.103. The zero-order valence-electron chi connectivity index (χ0n) is 13.8. The van der Waals surface area contributed by atoms with E-state index in [0.29, 0.717) is 10.5 Å². The summed E-state index contributed by atoms with van der Waals surface area (Å²) in [6, 6.07) is 16.3. The fourth-order valence-corrected chi connectivity index (χ4v) is 4.93. The highest BCUT2D eigenvalue weighted by atomic mass is 32.1. The molecule has 0 saturated carbocycles. The molecule has 4 aromatic heterocycles. The van der Waals surface area contributed by atoms with Crippen LogP contribution in [0.4, 0.5) is 0 Å². The molecule has 1 N–H and O–H groups in total. The summed E-state index contributed by atoms with van der Waals surface area (Å²) >= 11 is 3.08. The van der Waals surface area contributed by atoms with Gasteiger partial charge in [0.25, 0.3) is 5.56 Å². The SMILES string of the molecule is Cc1nc2c(sc3nc(-c4ccccc4)cc(-c4cccs4)c32)c(=O)[nH]1. The lowest BCUT2D eigenvalue weighted by Gasteiger charge is -2.06. The molecule has 0 aliphatic carbocycles. The molecular formula is C20H13N3OS2. The first-order valence-electron chi connectivity index (χ1n) is 8.14. The normalized spacial score (nSPS) is 11.4. The van der Waals surface area contributed by atoms with Gasteiger partial charge >= 0.3 is 0 Å². The average molecular weight is 375 g/mol. The maximum atomic E-state index is 12.4. The molecular weight excluding hydrogens is 362 g/mol. The zero-order chi connectivity index (χ0) is 17.7. The Morgan fingerprint density at radius 3 is 2.65 bits per heavy atom. The van der Waals surface area contributed by atoms with Gasteiger partial charge in [0.05, 0.1) is 11.2 Å². The fourth-order valence-electron chi connectivity index (χ4n) is 3.14. The molecule has 0 fully saturated rings. The van der Waals surface area contributed by atoms with Crippen molar-refractivity contribution >= 4 is 43.1 Å². The Hall–Kier alpha value is -2.83. The van der Waals surface area contributed by atoms with Gasteiger partial charge in [-0.2, -0.15) is 0 Å². The van der Waals surface area contributed by atoms with Crippen LogP contribution in [-0.4, -0.2) is 15.0 Å². The van der Waals surface area contributed by atoms with Gasteiger partial charge in [0, 0.05) is 21.4 Å². The number of aryl methyl sites for hydroxylation is 1. The van der Waals surface area contributed by atoms with Crippen LogP contribution in [-0.2, 0) is 0 Å². The predicted molar refractivity (Wildman–Crippen MR) is 109 cm³/mol. The van der Waals surface area contributed by atoms with Gasteiger partial charge < -0.3 is 4.98 Å². The van der Waals surface area contributed by atoms with E-state index < -0.39 is 0 Å². The first-order valence-corrected chi connectivity index (χ1v) is 9.84. The number of aromatic amines is 1. The van der Waals surface area contributed by atoms with E-state index in [-0.39, 0.29) is 5.56 Å². The van der Waals surface area contributed by atoms with Crippen molar-refractivity contribution < 1.29 is 0 Å². The summed E-state index contributed by atoms with van der Waals surface area (Å²) in [6.07, 6.45) is 0. The Morgan fingerprint density at radius 1 is 1.04 bits per heavy atom. The van der Waals surface area contributed by atoms with E-state index in [1.54, 1.807) is 18.3 Å². The Bertz CT molecular complexity index is 1300. The molecule has 4 heterocycles. The molecule has 6 heteroatoms. The monoisotopic (exact) mass is 375 g/mol. The lowest BCUT2D eigenvalue weighted by molar-refractivity contribution is 1.07. The number of benzene rings is 1. The first-order chi connectivity index (χ1) is 12.7. The first kappa shape index (κ1) is 15.4. The number of hydrogen-bond acceptors (Lipinski definition) is 5. The smallest absolute Gasteiger partial charge is 0.268 e. The van der Waals surface area contributed by atoms with Gasteiger partial charge in [-0.3, -0.25) is 4.79 Å². The third-order valence-corrected chi connectivity index (χ3v) is 6.25. The van der Waals surface area contributed by atoms with Gasteiger partial charge in [-0.05, 0) is 24.4 Å². The lowest BCUT2D eigenvalue weighted by Crippen LogP contribution is -2.07. The Balaban J connectivity index is 1.95. The Labute approximate surface area is 156 Å². The van der Waals surface area contributed by atoms with Crippen molar-refractivity contribution in [1.82, 2.24) is 15.0 Å². The number of hydrogen-bond donors (Lipinski definition) is 1. The Kier molecular flexibility index (Phi) is 3.48. The molecule has 0 bridgehead atoms. The molecule has 126 valence electrons. The van der Waals surface area contributed by atoms with E-state index in [1.165, 1.54) is 11.3 Å². The molecule has 0 radical (unpaired) electrons. The summed E-state index contributed by atoms with van der Waals surface area (Å²) in [4.78, 5) is 26.7. The number of H-pyrrole nitrogens is 1. The molecule has 0 amide bonds. The third-order valence-electron chi connectivity index (χ3n) is 4.27. The quantitative estimate of drug-likeness (QED) is 0.459. The van der Waals surface area contributed by atoms with E-state index in [4.69, 9.17) is 4.98 Å². The van der Waals surface area contributed by atoms with Gasteiger partial charge in [-0.25, -0.2) is 9.97 Å². The highest BCUT2D eigenvalue weighted by Gasteiger charge is 2.18. The van der Waals surface area contributed by atoms with Crippen molar-refractivity contribution in [3.05, 3.63) is 70.1 Å². The van der Waals surface area contributed by atoms with Gasteiger partial charge in [0.2, 0.25) is 0 Å². The van der Waals surface area contributed by atoms with E-state index in [1.807, 2.05) is 24.3 Å². The number of fused-ring (bicyclic) bond motifs is 3. The van der Waals surface area contributed by atoms with Crippen molar-refractivity contribution in [3.8, 4) is 21.7 Å². The van der Waals surface area contributed by atoms with Crippen LogP contribution in [0, 0.1) is 6.92 Å². The van der Waals surface area contributed by atoms with Crippen LogP contribution in [0.25, 0.3) is 42.1 Å². The summed E-state index contributed by atoms with van der Waals surface area (Å²) in [6.45, 7) is 1.81.